The van der Waals surface area contributed by atoms with Crippen molar-refractivity contribution in [3.8, 4) is 5.75 Å². The lowest BCUT2D eigenvalue weighted by molar-refractivity contribution is -0.155. The summed E-state index contributed by atoms with van der Waals surface area (Å²) in [6, 6.07) is 8.93. The molecule has 0 aromatic heterocycles. The van der Waals surface area contributed by atoms with E-state index < -0.39 is 11.6 Å². The molecule has 0 heterocycles. The highest BCUT2D eigenvalue weighted by Crippen LogP contribution is 2.23. The molecule has 0 radical (unpaired) electrons. The van der Waals surface area contributed by atoms with Crippen LogP contribution in [-0.2, 0) is 4.79 Å². The van der Waals surface area contributed by atoms with E-state index in [1.54, 1.807) is 24.3 Å². The second-order valence-electron chi connectivity index (χ2n) is 4.02. The highest BCUT2D eigenvalue weighted by molar-refractivity contribution is 5.78. The maximum Gasteiger partial charge on any atom is 0.349 e. The summed E-state index contributed by atoms with van der Waals surface area (Å²) in [5.41, 5.74) is 4.28. The molecule has 0 fully saturated rings. The van der Waals surface area contributed by atoms with Crippen LogP contribution in [-0.4, -0.2) is 23.2 Å². The molecule has 0 saturated carbocycles. The van der Waals surface area contributed by atoms with E-state index in [1.165, 1.54) is 0 Å². The van der Waals surface area contributed by atoms with Gasteiger partial charge in [0.1, 0.15) is 5.75 Å². The number of rotatable bonds is 7. The molecule has 17 heavy (non-hydrogen) atoms. The quantitative estimate of drug-likeness (QED) is 0.761. The van der Waals surface area contributed by atoms with Crippen molar-refractivity contribution in [3.63, 3.8) is 0 Å². The molecule has 4 heteroatoms. The van der Waals surface area contributed by atoms with Crippen LogP contribution in [0.3, 0.4) is 0 Å². The summed E-state index contributed by atoms with van der Waals surface area (Å²) in [5.74, 6) is -0.464. The molecule has 0 aliphatic carbocycles. The number of unbranched alkanes of at least 4 members (excludes halogenated alkanes) is 1. The molecule has 0 saturated heterocycles. The fourth-order valence-corrected chi connectivity index (χ4v) is 1.61. The summed E-state index contributed by atoms with van der Waals surface area (Å²) in [6.07, 6.45) is 2.10. The molecular weight excluding hydrogens is 218 g/mol. The van der Waals surface area contributed by atoms with E-state index >= 15 is 0 Å². The molecule has 0 bridgehead atoms. The summed E-state index contributed by atoms with van der Waals surface area (Å²) >= 11 is 0. The van der Waals surface area contributed by atoms with Gasteiger partial charge in [0, 0.05) is 6.54 Å². The SMILES string of the molecule is CCCCC(CN)(Oc1ccccc1)C(=O)O. The van der Waals surface area contributed by atoms with Gasteiger partial charge in [0.25, 0.3) is 0 Å². The van der Waals surface area contributed by atoms with Gasteiger partial charge in [0.05, 0.1) is 0 Å². The Kier molecular flexibility index (Phi) is 4.97. The number of aliphatic carboxylic acids is 1. The Labute approximate surface area is 101 Å². The van der Waals surface area contributed by atoms with Crippen LogP contribution in [0, 0.1) is 0 Å². The molecule has 1 rings (SSSR count). The van der Waals surface area contributed by atoms with Crippen molar-refractivity contribution in [1.82, 2.24) is 0 Å². The van der Waals surface area contributed by atoms with Gasteiger partial charge >= 0.3 is 5.97 Å². The molecule has 1 atom stereocenters. The average Bonchev–Trinajstić information content (AvgIpc) is 2.35. The lowest BCUT2D eigenvalue weighted by Crippen LogP contribution is -2.51. The number of carbonyl (C=O) groups is 1. The molecular formula is C13H19NO3. The minimum atomic E-state index is -1.31. The zero-order valence-corrected chi connectivity index (χ0v) is 10.1. The van der Waals surface area contributed by atoms with Crippen LogP contribution in [0.4, 0.5) is 0 Å². The fourth-order valence-electron chi connectivity index (χ4n) is 1.61. The molecule has 0 aliphatic rings. The second kappa shape index (κ2) is 6.25. The summed E-state index contributed by atoms with van der Waals surface area (Å²) in [5, 5.41) is 9.31. The molecule has 1 aromatic carbocycles. The van der Waals surface area contributed by atoms with Crippen LogP contribution in [0.2, 0.25) is 0 Å². The van der Waals surface area contributed by atoms with Crippen LogP contribution >= 0.6 is 0 Å². The van der Waals surface area contributed by atoms with Crippen molar-refractivity contribution >= 4 is 5.97 Å². The molecule has 1 unspecified atom stereocenters. The van der Waals surface area contributed by atoms with Crippen LogP contribution in [0.5, 0.6) is 5.75 Å². The van der Waals surface area contributed by atoms with E-state index in [9.17, 15) is 9.90 Å². The third-order valence-corrected chi connectivity index (χ3v) is 2.71. The first kappa shape index (κ1) is 13.5. The fraction of sp³-hybridized carbons (Fsp3) is 0.462. The lowest BCUT2D eigenvalue weighted by Gasteiger charge is -2.29. The minimum Gasteiger partial charge on any atom is -0.478 e. The van der Waals surface area contributed by atoms with Gasteiger partial charge < -0.3 is 15.6 Å². The van der Waals surface area contributed by atoms with Crippen LogP contribution in [0.25, 0.3) is 0 Å². The van der Waals surface area contributed by atoms with E-state index in [4.69, 9.17) is 10.5 Å². The number of hydrogen-bond acceptors (Lipinski definition) is 3. The van der Waals surface area contributed by atoms with E-state index in [0.29, 0.717) is 12.2 Å². The van der Waals surface area contributed by atoms with Crippen molar-refractivity contribution in [1.29, 1.82) is 0 Å². The van der Waals surface area contributed by atoms with E-state index in [1.807, 2.05) is 13.0 Å². The number of carboxylic acid groups (broad SMARTS) is 1. The molecule has 1 aromatic rings. The maximum atomic E-state index is 11.4. The largest absolute Gasteiger partial charge is 0.478 e. The predicted molar refractivity (Wildman–Crippen MR) is 66.0 cm³/mol. The third-order valence-electron chi connectivity index (χ3n) is 2.71. The van der Waals surface area contributed by atoms with E-state index in [2.05, 4.69) is 0 Å². The van der Waals surface area contributed by atoms with Crippen LogP contribution in [0.15, 0.2) is 30.3 Å². The van der Waals surface area contributed by atoms with Gasteiger partial charge in [-0.2, -0.15) is 0 Å². The van der Waals surface area contributed by atoms with Gasteiger partial charge in [0.2, 0.25) is 5.60 Å². The van der Waals surface area contributed by atoms with Crippen molar-refractivity contribution in [3.05, 3.63) is 30.3 Å². The zero-order valence-electron chi connectivity index (χ0n) is 10.1. The van der Waals surface area contributed by atoms with Crippen molar-refractivity contribution < 1.29 is 14.6 Å². The highest BCUT2D eigenvalue weighted by atomic mass is 16.5. The zero-order chi connectivity index (χ0) is 12.7. The van der Waals surface area contributed by atoms with Gasteiger partial charge in [0.15, 0.2) is 0 Å². The number of para-hydroxylation sites is 1. The van der Waals surface area contributed by atoms with Gasteiger partial charge in [-0.3, -0.25) is 0 Å². The predicted octanol–water partition coefficient (Wildman–Crippen LogP) is 2.04. The van der Waals surface area contributed by atoms with Crippen molar-refractivity contribution in [2.75, 3.05) is 6.54 Å². The van der Waals surface area contributed by atoms with Crippen LogP contribution in [0.1, 0.15) is 26.2 Å². The number of hydrogen-bond donors (Lipinski definition) is 2. The monoisotopic (exact) mass is 237 g/mol. The smallest absolute Gasteiger partial charge is 0.349 e. The minimum absolute atomic E-state index is 0.0305. The summed E-state index contributed by atoms with van der Waals surface area (Å²) < 4.78 is 5.59. The molecule has 4 nitrogen and oxygen atoms in total. The topological polar surface area (TPSA) is 72.5 Å². The van der Waals surface area contributed by atoms with Gasteiger partial charge in [-0.05, 0) is 25.0 Å². The van der Waals surface area contributed by atoms with Gasteiger partial charge in [-0.25, -0.2) is 4.79 Å². The van der Waals surface area contributed by atoms with Gasteiger partial charge in [-0.1, -0.05) is 31.5 Å². The number of benzene rings is 1. The third kappa shape index (κ3) is 3.46. The summed E-state index contributed by atoms with van der Waals surface area (Å²) in [6.45, 7) is 1.98. The number of carboxylic acids is 1. The Hall–Kier alpha value is -1.55. The summed E-state index contributed by atoms with van der Waals surface area (Å²) in [7, 11) is 0. The Morgan fingerprint density at radius 1 is 1.41 bits per heavy atom. The Balaban J connectivity index is 2.86. The highest BCUT2D eigenvalue weighted by Gasteiger charge is 2.39. The lowest BCUT2D eigenvalue weighted by atomic mass is 9.96. The average molecular weight is 237 g/mol. The number of ether oxygens (including phenoxy) is 1. The Morgan fingerprint density at radius 3 is 2.53 bits per heavy atom. The first-order chi connectivity index (χ1) is 8.14. The first-order valence-corrected chi connectivity index (χ1v) is 5.82. The second-order valence-corrected chi connectivity index (χ2v) is 4.02. The van der Waals surface area contributed by atoms with Crippen LogP contribution < -0.4 is 10.5 Å². The van der Waals surface area contributed by atoms with E-state index in [0.717, 1.165) is 12.8 Å². The van der Waals surface area contributed by atoms with Crippen molar-refractivity contribution in [2.45, 2.75) is 31.8 Å². The normalized spacial score (nSPS) is 14.0. The molecule has 0 spiro atoms. The van der Waals surface area contributed by atoms with E-state index in [-0.39, 0.29) is 6.54 Å². The van der Waals surface area contributed by atoms with Gasteiger partial charge in [-0.15, -0.1) is 0 Å². The maximum absolute atomic E-state index is 11.4. The standard InChI is InChI=1S/C13H19NO3/c1-2-3-9-13(10-14,12(15)16)17-11-7-5-4-6-8-11/h4-8H,2-3,9-10,14H2,1H3,(H,15,16). The Morgan fingerprint density at radius 2 is 2.06 bits per heavy atom. The Bertz CT molecular complexity index is 353. The summed E-state index contributed by atoms with van der Waals surface area (Å²) in [4.78, 5) is 11.4. The molecule has 0 aliphatic heterocycles. The number of nitrogens with two attached hydrogens (primary N) is 1. The molecule has 3 N–H and O–H groups in total. The molecule has 94 valence electrons. The first-order valence-electron chi connectivity index (χ1n) is 5.82. The molecule has 0 amide bonds. The van der Waals surface area contributed by atoms with Crippen molar-refractivity contribution in [2.24, 2.45) is 5.73 Å².